The number of carboxylic acid groups (broad SMARTS) is 1. The predicted molar refractivity (Wildman–Crippen MR) is 105 cm³/mol. The summed E-state index contributed by atoms with van der Waals surface area (Å²) in [6.45, 7) is 1.98. The quantitative estimate of drug-likeness (QED) is 0.650. The summed E-state index contributed by atoms with van der Waals surface area (Å²) in [4.78, 5) is 24.4. The zero-order valence-electron chi connectivity index (χ0n) is 15.1. The van der Waals surface area contributed by atoms with Gasteiger partial charge in [0, 0.05) is 5.69 Å². The molecule has 0 aliphatic carbocycles. The molecule has 28 heavy (non-hydrogen) atoms. The van der Waals surface area contributed by atoms with Crippen molar-refractivity contribution in [1.82, 2.24) is 9.78 Å². The monoisotopic (exact) mass is 374 g/mol. The van der Waals surface area contributed by atoms with Gasteiger partial charge in [0.15, 0.2) is 0 Å². The second kappa shape index (κ2) is 7.03. The summed E-state index contributed by atoms with van der Waals surface area (Å²) in [5, 5.41) is 19.5. The van der Waals surface area contributed by atoms with Crippen LogP contribution in [0.5, 0.6) is 0 Å². The highest BCUT2D eigenvalue weighted by Crippen LogP contribution is 2.32. The number of amides is 1. The van der Waals surface area contributed by atoms with Gasteiger partial charge in [0.1, 0.15) is 17.1 Å². The van der Waals surface area contributed by atoms with E-state index in [2.05, 4.69) is 15.7 Å². The molecule has 0 bridgehead atoms. The van der Waals surface area contributed by atoms with Crippen LogP contribution >= 0.6 is 0 Å². The van der Waals surface area contributed by atoms with E-state index in [4.69, 9.17) is 0 Å². The Morgan fingerprint density at radius 2 is 1.82 bits per heavy atom. The molecule has 3 N–H and O–H groups in total. The van der Waals surface area contributed by atoms with E-state index in [1.165, 1.54) is 6.20 Å². The second-order valence-corrected chi connectivity index (χ2v) is 6.54. The van der Waals surface area contributed by atoms with Crippen molar-refractivity contribution in [3.63, 3.8) is 0 Å². The molecule has 1 atom stereocenters. The minimum Gasteiger partial charge on any atom is -0.477 e. The minimum atomic E-state index is -1.10. The maximum atomic E-state index is 12.7. The smallest absolute Gasteiger partial charge is 0.352 e. The van der Waals surface area contributed by atoms with Crippen molar-refractivity contribution < 1.29 is 14.7 Å². The van der Waals surface area contributed by atoms with Crippen LogP contribution in [0.25, 0.3) is 0 Å². The molecule has 2 aromatic carbocycles. The van der Waals surface area contributed by atoms with Gasteiger partial charge in [0.05, 0.1) is 12.2 Å². The van der Waals surface area contributed by atoms with Gasteiger partial charge in [0.2, 0.25) is 0 Å². The SMILES string of the molecule is Cc1ccc([C@@H]2C=C(C(=O)O)Nc3c(C(=O)Nc4ccccc4)cnn32)cc1. The maximum Gasteiger partial charge on any atom is 0.352 e. The molecule has 3 aromatic rings. The van der Waals surface area contributed by atoms with Crippen LogP contribution in [-0.4, -0.2) is 26.8 Å². The van der Waals surface area contributed by atoms with Gasteiger partial charge in [-0.1, -0.05) is 48.0 Å². The Morgan fingerprint density at radius 1 is 1.11 bits per heavy atom. The lowest BCUT2D eigenvalue weighted by molar-refractivity contribution is -0.132. The highest BCUT2D eigenvalue weighted by Gasteiger charge is 2.29. The summed E-state index contributed by atoms with van der Waals surface area (Å²) in [6, 6.07) is 16.4. The number of aliphatic carboxylic acids is 1. The summed E-state index contributed by atoms with van der Waals surface area (Å²) < 4.78 is 1.62. The summed E-state index contributed by atoms with van der Waals surface area (Å²) in [5.74, 6) is -1.12. The van der Waals surface area contributed by atoms with Crippen LogP contribution in [0.2, 0.25) is 0 Å². The lowest BCUT2D eigenvalue weighted by atomic mass is 10.0. The van der Waals surface area contributed by atoms with Gasteiger partial charge in [-0.05, 0) is 30.7 Å². The Labute approximate surface area is 161 Å². The summed E-state index contributed by atoms with van der Waals surface area (Å²) in [5.41, 5.74) is 2.90. The van der Waals surface area contributed by atoms with Crippen LogP contribution in [0, 0.1) is 6.92 Å². The zero-order valence-corrected chi connectivity index (χ0v) is 15.1. The first-order chi connectivity index (χ1) is 13.5. The van der Waals surface area contributed by atoms with Crippen molar-refractivity contribution in [1.29, 1.82) is 0 Å². The molecule has 0 unspecified atom stereocenters. The van der Waals surface area contributed by atoms with E-state index in [9.17, 15) is 14.7 Å². The number of aromatic nitrogens is 2. The number of rotatable bonds is 4. The van der Waals surface area contributed by atoms with Gasteiger partial charge in [-0.2, -0.15) is 5.10 Å². The minimum absolute atomic E-state index is 0.00679. The Hall–Kier alpha value is -3.87. The van der Waals surface area contributed by atoms with Crippen LogP contribution in [0.15, 0.2) is 72.6 Å². The predicted octanol–water partition coefficient (Wildman–Crippen LogP) is 3.43. The van der Waals surface area contributed by atoms with Crippen molar-refractivity contribution >= 4 is 23.4 Å². The van der Waals surface area contributed by atoms with Crippen LogP contribution in [-0.2, 0) is 4.79 Å². The number of carbonyl (C=O) groups is 2. The lowest BCUT2D eigenvalue weighted by Gasteiger charge is -2.24. The number of nitrogens with one attached hydrogen (secondary N) is 2. The molecule has 140 valence electrons. The van der Waals surface area contributed by atoms with E-state index >= 15 is 0 Å². The largest absolute Gasteiger partial charge is 0.477 e. The molecule has 1 amide bonds. The van der Waals surface area contributed by atoms with E-state index in [0.717, 1.165) is 11.1 Å². The fourth-order valence-corrected chi connectivity index (χ4v) is 3.11. The first kappa shape index (κ1) is 17.5. The molecule has 0 saturated carbocycles. The molecule has 0 radical (unpaired) electrons. The fourth-order valence-electron chi connectivity index (χ4n) is 3.11. The Kier molecular flexibility index (Phi) is 4.41. The lowest BCUT2D eigenvalue weighted by Crippen LogP contribution is -2.25. The van der Waals surface area contributed by atoms with Gasteiger partial charge < -0.3 is 15.7 Å². The average molecular weight is 374 g/mol. The van der Waals surface area contributed by atoms with Crippen molar-refractivity contribution in [3.8, 4) is 0 Å². The molecule has 7 nitrogen and oxygen atoms in total. The maximum absolute atomic E-state index is 12.7. The summed E-state index contributed by atoms with van der Waals surface area (Å²) >= 11 is 0. The molecule has 0 spiro atoms. The van der Waals surface area contributed by atoms with Crippen molar-refractivity contribution in [3.05, 3.63) is 89.3 Å². The van der Waals surface area contributed by atoms with E-state index in [1.54, 1.807) is 22.9 Å². The first-order valence-corrected chi connectivity index (χ1v) is 8.75. The molecular formula is C21H18N4O3. The van der Waals surface area contributed by atoms with Crippen LogP contribution in [0.3, 0.4) is 0 Å². The number of fused-ring (bicyclic) bond motifs is 1. The van der Waals surface area contributed by atoms with Crippen molar-refractivity contribution in [2.24, 2.45) is 0 Å². The zero-order chi connectivity index (χ0) is 19.7. The number of nitrogens with zero attached hydrogens (tertiary/aromatic N) is 2. The van der Waals surface area contributed by atoms with E-state index < -0.39 is 12.0 Å². The van der Waals surface area contributed by atoms with Crippen molar-refractivity contribution in [2.45, 2.75) is 13.0 Å². The number of para-hydroxylation sites is 1. The molecule has 1 aliphatic rings. The number of hydrogen-bond donors (Lipinski definition) is 3. The number of benzene rings is 2. The first-order valence-electron chi connectivity index (χ1n) is 8.75. The van der Waals surface area contributed by atoms with Gasteiger partial charge >= 0.3 is 5.97 Å². The normalized spacial score (nSPS) is 15.2. The average Bonchev–Trinajstić information content (AvgIpc) is 3.13. The number of carbonyl (C=O) groups excluding carboxylic acids is 1. The van der Waals surface area contributed by atoms with Gasteiger partial charge in [0.25, 0.3) is 5.91 Å². The summed E-state index contributed by atoms with van der Waals surface area (Å²) in [7, 11) is 0. The van der Waals surface area contributed by atoms with Crippen LogP contribution in [0.4, 0.5) is 11.5 Å². The molecule has 7 heteroatoms. The molecule has 1 aliphatic heterocycles. The highest BCUT2D eigenvalue weighted by atomic mass is 16.4. The van der Waals surface area contributed by atoms with Gasteiger partial charge in [-0.3, -0.25) is 4.79 Å². The molecular weight excluding hydrogens is 356 g/mol. The van der Waals surface area contributed by atoms with E-state index in [-0.39, 0.29) is 17.2 Å². The molecule has 4 rings (SSSR count). The molecule has 0 fully saturated rings. The fraction of sp³-hybridized carbons (Fsp3) is 0.0952. The molecule has 0 saturated heterocycles. The Balaban J connectivity index is 1.73. The van der Waals surface area contributed by atoms with Gasteiger partial charge in [-0.25, -0.2) is 9.48 Å². The third-order valence-electron chi connectivity index (χ3n) is 4.56. The summed E-state index contributed by atoms with van der Waals surface area (Å²) in [6.07, 6.45) is 3.03. The van der Waals surface area contributed by atoms with Crippen molar-refractivity contribution in [2.75, 3.05) is 10.6 Å². The van der Waals surface area contributed by atoms with Crippen LogP contribution in [0.1, 0.15) is 27.5 Å². The third kappa shape index (κ3) is 3.25. The second-order valence-electron chi connectivity index (χ2n) is 6.54. The Morgan fingerprint density at radius 3 is 2.50 bits per heavy atom. The number of anilines is 2. The third-order valence-corrected chi connectivity index (χ3v) is 4.56. The molecule has 1 aromatic heterocycles. The highest BCUT2D eigenvalue weighted by molar-refractivity contribution is 6.08. The topological polar surface area (TPSA) is 96.2 Å². The van der Waals surface area contributed by atoms with E-state index in [1.807, 2.05) is 49.4 Å². The Bertz CT molecular complexity index is 1070. The standard InChI is InChI=1S/C21H18N4O3/c1-13-7-9-14(10-8-13)18-11-17(21(27)28)24-19-16(12-22-25(18)19)20(26)23-15-5-3-2-4-6-15/h2-12,18,24H,1H3,(H,23,26)(H,27,28)/t18-/m0/s1. The number of hydrogen-bond acceptors (Lipinski definition) is 4. The van der Waals surface area contributed by atoms with Crippen LogP contribution < -0.4 is 10.6 Å². The number of allylic oxidation sites excluding steroid dienone is 1. The molecule has 2 heterocycles. The van der Waals surface area contributed by atoms with E-state index in [0.29, 0.717) is 11.5 Å². The van der Waals surface area contributed by atoms with Gasteiger partial charge in [-0.15, -0.1) is 0 Å². The number of carboxylic acids is 1. The number of aryl methyl sites for hydroxylation is 1.